The van der Waals surface area contributed by atoms with Gasteiger partial charge in [-0.2, -0.15) is 4.31 Å². The normalized spacial score (nSPS) is 17.4. The van der Waals surface area contributed by atoms with Gasteiger partial charge in [-0.3, -0.25) is 0 Å². The van der Waals surface area contributed by atoms with Crippen molar-refractivity contribution >= 4 is 48.2 Å². The van der Waals surface area contributed by atoms with E-state index in [9.17, 15) is 8.42 Å². The zero-order valence-electron chi connectivity index (χ0n) is 20.2. The van der Waals surface area contributed by atoms with Crippen molar-refractivity contribution in [1.82, 2.24) is 14.3 Å². The fraction of sp³-hybridized carbons (Fsp3) is 0.407. The summed E-state index contributed by atoms with van der Waals surface area (Å²) in [6, 6.07) is 13.2. The van der Waals surface area contributed by atoms with Crippen LogP contribution in [0.25, 0.3) is 21.0 Å². The van der Waals surface area contributed by atoms with E-state index in [1.165, 1.54) is 28.7 Å². The number of hydrogen-bond acceptors (Lipinski definition) is 6. The van der Waals surface area contributed by atoms with Gasteiger partial charge in [-0.25, -0.2) is 18.4 Å². The van der Waals surface area contributed by atoms with Crippen LogP contribution in [-0.4, -0.2) is 48.9 Å². The van der Waals surface area contributed by atoms with Crippen molar-refractivity contribution in [2.45, 2.75) is 50.3 Å². The number of thiophene rings is 1. The molecule has 8 heteroatoms. The summed E-state index contributed by atoms with van der Waals surface area (Å²) < 4.78 is 28.9. The average Bonchev–Trinajstić information content (AvgIpc) is 3.26. The van der Waals surface area contributed by atoms with E-state index in [0.717, 1.165) is 40.1 Å². The lowest BCUT2D eigenvalue weighted by Crippen LogP contribution is -2.49. The highest BCUT2D eigenvalue weighted by Crippen LogP contribution is 2.40. The number of aromatic nitrogens is 2. The van der Waals surface area contributed by atoms with Gasteiger partial charge >= 0.3 is 0 Å². The van der Waals surface area contributed by atoms with Crippen LogP contribution in [-0.2, 0) is 22.9 Å². The molecule has 0 radical (unpaired) electrons. The van der Waals surface area contributed by atoms with Gasteiger partial charge in [0.25, 0.3) is 0 Å². The second kappa shape index (κ2) is 8.84. The Hall–Kier alpha value is -2.55. The maximum absolute atomic E-state index is 13.6. The molecule has 182 valence electrons. The van der Waals surface area contributed by atoms with Gasteiger partial charge in [0.05, 0.1) is 10.3 Å². The van der Waals surface area contributed by atoms with Gasteiger partial charge in [0.15, 0.2) is 0 Å². The van der Waals surface area contributed by atoms with Gasteiger partial charge in [0, 0.05) is 42.4 Å². The van der Waals surface area contributed by atoms with Gasteiger partial charge < -0.3 is 4.90 Å². The minimum absolute atomic E-state index is 0.241. The largest absolute Gasteiger partial charge is 0.353 e. The number of sulfonamides is 1. The molecule has 2 aromatic carbocycles. The molecule has 0 amide bonds. The smallest absolute Gasteiger partial charge is 0.243 e. The Morgan fingerprint density at radius 3 is 2.46 bits per heavy atom. The minimum Gasteiger partial charge on any atom is -0.353 e. The highest BCUT2D eigenvalue weighted by atomic mass is 32.2. The summed E-state index contributed by atoms with van der Waals surface area (Å²) in [6.45, 7) is 6.40. The molecule has 1 aliphatic heterocycles. The van der Waals surface area contributed by atoms with Gasteiger partial charge in [-0.15, -0.1) is 11.3 Å². The van der Waals surface area contributed by atoms with E-state index in [-0.39, 0.29) is 5.92 Å². The van der Waals surface area contributed by atoms with E-state index in [4.69, 9.17) is 9.97 Å². The minimum atomic E-state index is -3.59. The van der Waals surface area contributed by atoms with Crippen LogP contribution in [0.5, 0.6) is 0 Å². The Labute approximate surface area is 210 Å². The SMILES string of the molecule is CC(C)c1nc(N2CCN(S(=O)(=O)c3cccc4ccccc34)CC2)c2c3c(sc2n1)CCCC3. The molecule has 0 spiro atoms. The second-order valence-corrected chi connectivity index (χ2v) is 12.8. The quantitative estimate of drug-likeness (QED) is 0.373. The fourth-order valence-corrected chi connectivity index (χ4v) is 8.24. The van der Waals surface area contributed by atoms with Crippen molar-refractivity contribution < 1.29 is 8.42 Å². The first-order valence-corrected chi connectivity index (χ1v) is 14.7. The summed E-state index contributed by atoms with van der Waals surface area (Å²) >= 11 is 1.83. The lowest BCUT2D eigenvalue weighted by molar-refractivity contribution is 0.384. The summed E-state index contributed by atoms with van der Waals surface area (Å²) in [5, 5.41) is 2.93. The Bertz CT molecular complexity index is 1510. The molecule has 0 saturated carbocycles. The fourth-order valence-electron chi connectivity index (χ4n) is 5.34. The number of hydrogen-bond donors (Lipinski definition) is 0. The van der Waals surface area contributed by atoms with Gasteiger partial charge in [-0.05, 0) is 42.7 Å². The predicted molar refractivity (Wildman–Crippen MR) is 143 cm³/mol. The molecule has 0 bridgehead atoms. The zero-order valence-corrected chi connectivity index (χ0v) is 21.8. The molecule has 35 heavy (non-hydrogen) atoms. The number of piperazine rings is 1. The molecule has 1 fully saturated rings. The third kappa shape index (κ3) is 3.92. The monoisotopic (exact) mass is 506 g/mol. The standard InChI is InChI=1S/C27H30N4O2S2/c1-18(2)25-28-26(24-21-11-5-6-12-22(21)34-27(24)29-25)30-14-16-31(17-15-30)35(32,33)23-13-7-9-19-8-3-4-10-20(19)23/h3-4,7-10,13,18H,5-6,11-12,14-17H2,1-2H3. The Balaban J connectivity index is 1.33. The molecule has 0 N–H and O–H groups in total. The first kappa shape index (κ1) is 22.9. The van der Waals surface area contributed by atoms with Crippen LogP contribution in [0, 0.1) is 0 Å². The third-order valence-electron chi connectivity index (χ3n) is 7.23. The lowest BCUT2D eigenvalue weighted by Gasteiger charge is -2.35. The molecule has 6 rings (SSSR count). The number of anilines is 1. The molecule has 2 aromatic heterocycles. The molecule has 6 nitrogen and oxygen atoms in total. The van der Waals surface area contributed by atoms with Crippen molar-refractivity contribution in [2.75, 3.05) is 31.1 Å². The molecule has 4 aromatic rings. The number of aryl methyl sites for hydroxylation is 2. The number of rotatable bonds is 4. The van der Waals surface area contributed by atoms with Crippen molar-refractivity contribution in [1.29, 1.82) is 0 Å². The van der Waals surface area contributed by atoms with Crippen molar-refractivity contribution in [3.05, 3.63) is 58.7 Å². The van der Waals surface area contributed by atoms with Crippen molar-refractivity contribution in [2.24, 2.45) is 0 Å². The molecule has 1 aliphatic carbocycles. The molecule has 0 unspecified atom stereocenters. The topological polar surface area (TPSA) is 66.4 Å². The van der Waals surface area contributed by atoms with E-state index in [1.54, 1.807) is 10.4 Å². The number of fused-ring (bicyclic) bond motifs is 4. The summed E-state index contributed by atoms with van der Waals surface area (Å²) in [5.41, 5.74) is 1.42. The van der Waals surface area contributed by atoms with Crippen molar-refractivity contribution in [3.8, 4) is 0 Å². The van der Waals surface area contributed by atoms with E-state index in [0.29, 0.717) is 31.1 Å². The number of nitrogens with zero attached hydrogens (tertiary/aromatic N) is 4. The summed E-state index contributed by atoms with van der Waals surface area (Å²) in [4.78, 5) is 15.2. The molecule has 2 aliphatic rings. The zero-order chi connectivity index (χ0) is 24.2. The maximum Gasteiger partial charge on any atom is 0.243 e. The van der Waals surface area contributed by atoms with Gasteiger partial charge in [-0.1, -0.05) is 50.2 Å². The van der Waals surface area contributed by atoms with Crippen LogP contribution in [0.15, 0.2) is 47.4 Å². The first-order valence-electron chi connectivity index (χ1n) is 12.5. The third-order valence-corrected chi connectivity index (χ3v) is 10.4. The van der Waals surface area contributed by atoms with Crippen molar-refractivity contribution in [3.63, 3.8) is 0 Å². The molecule has 0 atom stereocenters. The van der Waals surface area contributed by atoms with Crippen LogP contribution < -0.4 is 4.90 Å². The highest BCUT2D eigenvalue weighted by Gasteiger charge is 2.32. The van der Waals surface area contributed by atoms with E-state index in [2.05, 4.69) is 18.7 Å². The second-order valence-electron chi connectivity index (χ2n) is 9.82. The van der Waals surface area contributed by atoms with Gasteiger partial charge in [0.1, 0.15) is 16.5 Å². The maximum atomic E-state index is 13.6. The summed E-state index contributed by atoms with van der Waals surface area (Å²) in [6.07, 6.45) is 4.66. The Morgan fingerprint density at radius 2 is 1.66 bits per heavy atom. The molecule has 1 saturated heterocycles. The predicted octanol–water partition coefficient (Wildman–Crippen LogP) is 5.36. The number of benzene rings is 2. The van der Waals surface area contributed by atoms with Crippen LogP contribution in [0.2, 0.25) is 0 Å². The van der Waals surface area contributed by atoms with E-state index < -0.39 is 10.0 Å². The van der Waals surface area contributed by atoms with Crippen LogP contribution >= 0.6 is 11.3 Å². The highest BCUT2D eigenvalue weighted by molar-refractivity contribution is 7.89. The average molecular weight is 507 g/mol. The van der Waals surface area contributed by atoms with Crippen LogP contribution in [0.3, 0.4) is 0 Å². The molecule has 3 heterocycles. The molecular formula is C27H30N4O2S2. The van der Waals surface area contributed by atoms with Crippen LogP contribution in [0.1, 0.15) is 48.9 Å². The molecular weight excluding hydrogens is 476 g/mol. The first-order chi connectivity index (χ1) is 16.9. The lowest BCUT2D eigenvalue weighted by atomic mass is 9.96. The Kier molecular flexibility index (Phi) is 5.78. The van der Waals surface area contributed by atoms with E-state index in [1.807, 2.05) is 47.7 Å². The summed E-state index contributed by atoms with van der Waals surface area (Å²) in [7, 11) is -3.59. The van der Waals surface area contributed by atoms with E-state index >= 15 is 0 Å². The van der Waals surface area contributed by atoms with Crippen LogP contribution in [0.4, 0.5) is 5.82 Å². The Morgan fingerprint density at radius 1 is 0.914 bits per heavy atom. The van der Waals surface area contributed by atoms with Gasteiger partial charge in [0.2, 0.25) is 10.0 Å². The summed E-state index contributed by atoms with van der Waals surface area (Å²) in [5.74, 6) is 2.11.